The van der Waals surface area contributed by atoms with Crippen LogP contribution in [0.4, 0.5) is 0 Å². The number of benzene rings is 2. The lowest BCUT2D eigenvalue weighted by Gasteiger charge is -2.20. The first kappa shape index (κ1) is 14.1. The van der Waals surface area contributed by atoms with Crippen molar-refractivity contribution in [1.82, 2.24) is 0 Å². The standard InChI is InChI=1S/C16H21BO2/c1-12(2)18-17(19-13(3)4)16-10-9-14-7-5-6-8-15(14)11-16/h5-13H,1-4H3. The van der Waals surface area contributed by atoms with Crippen molar-refractivity contribution in [2.24, 2.45) is 0 Å². The average molecular weight is 256 g/mol. The van der Waals surface area contributed by atoms with E-state index >= 15 is 0 Å². The molecule has 2 nitrogen and oxygen atoms in total. The van der Waals surface area contributed by atoms with Gasteiger partial charge < -0.3 is 9.31 Å². The van der Waals surface area contributed by atoms with E-state index in [0.29, 0.717) is 0 Å². The van der Waals surface area contributed by atoms with E-state index in [0.717, 1.165) is 5.46 Å². The van der Waals surface area contributed by atoms with Gasteiger partial charge in [-0.2, -0.15) is 0 Å². The molecule has 19 heavy (non-hydrogen) atoms. The zero-order valence-corrected chi connectivity index (χ0v) is 12.1. The van der Waals surface area contributed by atoms with Gasteiger partial charge in [-0.25, -0.2) is 0 Å². The zero-order chi connectivity index (χ0) is 13.8. The molecule has 0 aromatic heterocycles. The molecule has 0 saturated heterocycles. The monoisotopic (exact) mass is 256 g/mol. The van der Waals surface area contributed by atoms with Gasteiger partial charge in [0.2, 0.25) is 0 Å². The van der Waals surface area contributed by atoms with E-state index in [-0.39, 0.29) is 19.3 Å². The van der Waals surface area contributed by atoms with Crippen LogP contribution in [0.1, 0.15) is 27.7 Å². The smallest absolute Gasteiger partial charge is 0.405 e. The summed E-state index contributed by atoms with van der Waals surface area (Å²) < 4.78 is 11.7. The highest BCUT2D eigenvalue weighted by Crippen LogP contribution is 2.12. The molecule has 3 heteroatoms. The van der Waals surface area contributed by atoms with E-state index in [2.05, 4.69) is 36.4 Å². The Balaban J connectivity index is 2.32. The third-order valence-electron chi connectivity index (χ3n) is 2.84. The number of hydrogen-bond acceptors (Lipinski definition) is 2. The Kier molecular flexibility index (Phi) is 4.62. The highest BCUT2D eigenvalue weighted by atomic mass is 16.6. The van der Waals surface area contributed by atoms with Crippen LogP contribution in [0.2, 0.25) is 0 Å². The van der Waals surface area contributed by atoms with Gasteiger partial charge in [0.05, 0.1) is 0 Å². The summed E-state index contributed by atoms with van der Waals surface area (Å²) in [7, 11) is -0.301. The molecular weight excluding hydrogens is 235 g/mol. The van der Waals surface area contributed by atoms with Crippen molar-refractivity contribution in [2.45, 2.75) is 39.9 Å². The van der Waals surface area contributed by atoms with Crippen LogP contribution in [0.15, 0.2) is 42.5 Å². The van der Waals surface area contributed by atoms with Crippen LogP contribution >= 0.6 is 0 Å². The van der Waals surface area contributed by atoms with E-state index in [9.17, 15) is 0 Å². The van der Waals surface area contributed by atoms with Crippen molar-refractivity contribution in [3.8, 4) is 0 Å². The Hall–Kier alpha value is -1.32. The van der Waals surface area contributed by atoms with Crippen molar-refractivity contribution >= 4 is 23.4 Å². The summed E-state index contributed by atoms with van der Waals surface area (Å²) in [5, 5.41) is 2.45. The second kappa shape index (κ2) is 6.22. The highest BCUT2D eigenvalue weighted by Gasteiger charge is 2.24. The van der Waals surface area contributed by atoms with E-state index in [1.807, 2.05) is 33.8 Å². The van der Waals surface area contributed by atoms with Gasteiger partial charge >= 0.3 is 7.12 Å². The molecule has 0 spiro atoms. The Morgan fingerprint density at radius 1 is 0.789 bits per heavy atom. The quantitative estimate of drug-likeness (QED) is 0.763. The summed E-state index contributed by atoms with van der Waals surface area (Å²) in [5.74, 6) is 0. The van der Waals surface area contributed by atoms with Crippen LogP contribution in [0.5, 0.6) is 0 Å². The molecule has 0 bridgehead atoms. The second-order valence-electron chi connectivity index (χ2n) is 5.31. The van der Waals surface area contributed by atoms with Crippen LogP contribution in [0.3, 0.4) is 0 Å². The lowest BCUT2D eigenvalue weighted by atomic mass is 9.77. The van der Waals surface area contributed by atoms with E-state index < -0.39 is 0 Å². The van der Waals surface area contributed by atoms with Crippen LogP contribution in [-0.4, -0.2) is 19.3 Å². The van der Waals surface area contributed by atoms with Gasteiger partial charge in [-0.3, -0.25) is 0 Å². The third-order valence-corrected chi connectivity index (χ3v) is 2.84. The van der Waals surface area contributed by atoms with Crippen LogP contribution in [-0.2, 0) is 9.31 Å². The molecular formula is C16H21BO2. The van der Waals surface area contributed by atoms with Gasteiger partial charge in [0, 0.05) is 12.2 Å². The first-order valence-corrected chi connectivity index (χ1v) is 6.86. The summed E-state index contributed by atoms with van der Waals surface area (Å²) in [6, 6.07) is 14.7. The lowest BCUT2D eigenvalue weighted by molar-refractivity contribution is 0.139. The summed E-state index contributed by atoms with van der Waals surface area (Å²) in [6.07, 6.45) is 0.269. The van der Waals surface area contributed by atoms with Gasteiger partial charge in [0.25, 0.3) is 0 Å². The third kappa shape index (κ3) is 3.82. The van der Waals surface area contributed by atoms with Crippen molar-refractivity contribution in [1.29, 1.82) is 0 Å². The predicted octanol–water partition coefficient (Wildman–Crippen LogP) is 3.39. The van der Waals surface area contributed by atoms with Crippen LogP contribution in [0.25, 0.3) is 10.8 Å². The first-order valence-electron chi connectivity index (χ1n) is 6.86. The molecule has 0 aliphatic heterocycles. The van der Waals surface area contributed by atoms with Gasteiger partial charge in [-0.1, -0.05) is 42.5 Å². The minimum absolute atomic E-state index is 0.134. The topological polar surface area (TPSA) is 18.5 Å². The summed E-state index contributed by atoms with van der Waals surface area (Å²) in [6.45, 7) is 8.10. The van der Waals surface area contributed by atoms with Gasteiger partial charge in [-0.05, 0) is 43.9 Å². The zero-order valence-electron chi connectivity index (χ0n) is 12.1. The highest BCUT2D eigenvalue weighted by molar-refractivity contribution is 6.61. The minimum atomic E-state index is -0.301. The van der Waals surface area contributed by atoms with E-state index in [4.69, 9.17) is 9.31 Å². The molecule has 0 heterocycles. The summed E-state index contributed by atoms with van der Waals surface area (Å²) >= 11 is 0. The Labute approximate surface area is 115 Å². The molecule has 0 radical (unpaired) electrons. The first-order chi connectivity index (χ1) is 9.06. The molecule has 0 N–H and O–H groups in total. The number of fused-ring (bicyclic) bond motifs is 1. The van der Waals surface area contributed by atoms with Crippen molar-refractivity contribution < 1.29 is 9.31 Å². The fourth-order valence-electron chi connectivity index (χ4n) is 2.04. The minimum Gasteiger partial charge on any atom is -0.405 e. The maximum Gasteiger partial charge on any atom is 0.494 e. The maximum atomic E-state index is 5.87. The number of rotatable bonds is 5. The predicted molar refractivity (Wildman–Crippen MR) is 81.8 cm³/mol. The Morgan fingerprint density at radius 3 is 1.95 bits per heavy atom. The molecule has 0 atom stereocenters. The van der Waals surface area contributed by atoms with E-state index in [1.54, 1.807) is 0 Å². The Morgan fingerprint density at radius 2 is 1.37 bits per heavy atom. The molecule has 0 aliphatic rings. The van der Waals surface area contributed by atoms with Gasteiger partial charge in [0.15, 0.2) is 0 Å². The van der Waals surface area contributed by atoms with Crippen molar-refractivity contribution in [3.63, 3.8) is 0 Å². The van der Waals surface area contributed by atoms with E-state index in [1.165, 1.54) is 10.8 Å². The van der Waals surface area contributed by atoms with Crippen LogP contribution in [0, 0.1) is 0 Å². The molecule has 0 fully saturated rings. The molecule has 100 valence electrons. The fourth-order valence-corrected chi connectivity index (χ4v) is 2.04. The SMILES string of the molecule is CC(C)OB(OC(C)C)c1ccc2ccccc2c1. The molecule has 0 amide bonds. The Bertz CT molecular complexity index is 527. The summed E-state index contributed by atoms with van der Waals surface area (Å²) in [5.41, 5.74) is 1.07. The van der Waals surface area contributed by atoms with Gasteiger partial charge in [-0.15, -0.1) is 0 Å². The molecule has 0 saturated carbocycles. The second-order valence-corrected chi connectivity index (χ2v) is 5.31. The summed E-state index contributed by atoms with van der Waals surface area (Å²) in [4.78, 5) is 0. The molecule has 2 rings (SSSR count). The van der Waals surface area contributed by atoms with Crippen molar-refractivity contribution in [2.75, 3.05) is 0 Å². The average Bonchev–Trinajstić information content (AvgIpc) is 2.36. The normalized spacial score (nSPS) is 11.5. The molecule has 2 aromatic carbocycles. The lowest BCUT2D eigenvalue weighted by Crippen LogP contribution is -2.40. The largest absolute Gasteiger partial charge is 0.494 e. The van der Waals surface area contributed by atoms with Gasteiger partial charge in [0.1, 0.15) is 0 Å². The molecule has 2 aromatic rings. The van der Waals surface area contributed by atoms with Crippen LogP contribution < -0.4 is 5.46 Å². The molecule has 0 unspecified atom stereocenters. The molecule has 0 aliphatic carbocycles. The maximum absolute atomic E-state index is 5.87. The fraction of sp³-hybridized carbons (Fsp3) is 0.375. The van der Waals surface area contributed by atoms with Crippen molar-refractivity contribution in [3.05, 3.63) is 42.5 Å². The number of hydrogen-bond donors (Lipinski definition) is 0.